The lowest BCUT2D eigenvalue weighted by atomic mass is 10.1. The van der Waals surface area contributed by atoms with Gasteiger partial charge in [0.1, 0.15) is 0 Å². The minimum Gasteiger partial charge on any atom is -0.449 e. The molecule has 0 saturated carbocycles. The normalized spacial score (nSPS) is 13.3. The molecule has 1 N–H and O–H groups in total. The van der Waals surface area contributed by atoms with Crippen LogP contribution in [0.5, 0.6) is 0 Å². The molecule has 3 aromatic rings. The number of hydrogen-bond acceptors (Lipinski definition) is 6. The molecule has 0 radical (unpaired) electrons. The second-order valence-corrected chi connectivity index (χ2v) is 8.47. The van der Waals surface area contributed by atoms with E-state index >= 15 is 0 Å². The van der Waals surface area contributed by atoms with Crippen molar-refractivity contribution in [1.82, 2.24) is 0 Å². The molecule has 1 aliphatic heterocycles. The third-order valence-corrected chi connectivity index (χ3v) is 5.78. The SMILES string of the molecule is Cc1ccccc1N1C(=O)c2ccc(C(=O)O[C@@H](C)C(=O)Nc3ccc(N(C)C)cc3)cc2C1=O. The first-order valence-corrected chi connectivity index (χ1v) is 11.0. The second-order valence-electron chi connectivity index (χ2n) is 8.47. The summed E-state index contributed by atoms with van der Waals surface area (Å²) in [6.45, 7) is 3.27. The van der Waals surface area contributed by atoms with Gasteiger partial charge in [-0.1, -0.05) is 18.2 Å². The van der Waals surface area contributed by atoms with Gasteiger partial charge in [-0.2, -0.15) is 0 Å². The number of hydrogen-bond donors (Lipinski definition) is 1. The Kier molecular flexibility index (Phi) is 6.38. The van der Waals surface area contributed by atoms with Gasteiger partial charge in [-0.15, -0.1) is 0 Å². The molecule has 178 valence electrons. The Balaban J connectivity index is 1.46. The number of nitrogens with one attached hydrogen (secondary N) is 1. The van der Waals surface area contributed by atoms with E-state index in [0.717, 1.165) is 16.2 Å². The molecular weight excluding hydrogens is 446 g/mol. The zero-order valence-corrected chi connectivity index (χ0v) is 19.9. The van der Waals surface area contributed by atoms with Crippen LogP contribution >= 0.6 is 0 Å². The summed E-state index contributed by atoms with van der Waals surface area (Å²) in [5.41, 5.74) is 3.22. The minimum atomic E-state index is -1.08. The van der Waals surface area contributed by atoms with Gasteiger partial charge in [-0.25, -0.2) is 9.69 Å². The first-order valence-electron chi connectivity index (χ1n) is 11.0. The number of esters is 1. The molecule has 4 rings (SSSR count). The summed E-state index contributed by atoms with van der Waals surface area (Å²) in [7, 11) is 3.83. The average molecular weight is 472 g/mol. The van der Waals surface area contributed by atoms with E-state index in [1.54, 1.807) is 24.3 Å². The van der Waals surface area contributed by atoms with E-state index in [1.165, 1.54) is 25.1 Å². The van der Waals surface area contributed by atoms with Crippen molar-refractivity contribution >= 4 is 40.8 Å². The van der Waals surface area contributed by atoms with Crippen molar-refractivity contribution in [1.29, 1.82) is 0 Å². The van der Waals surface area contributed by atoms with Crippen molar-refractivity contribution in [3.05, 3.63) is 89.0 Å². The molecule has 0 spiro atoms. The van der Waals surface area contributed by atoms with Gasteiger partial charge in [0, 0.05) is 25.5 Å². The van der Waals surface area contributed by atoms with Crippen LogP contribution in [0.2, 0.25) is 0 Å². The van der Waals surface area contributed by atoms with E-state index in [2.05, 4.69) is 5.32 Å². The van der Waals surface area contributed by atoms with Crippen LogP contribution in [-0.2, 0) is 9.53 Å². The van der Waals surface area contributed by atoms with Crippen LogP contribution in [0, 0.1) is 6.92 Å². The molecule has 3 amide bonds. The molecule has 3 aromatic carbocycles. The average Bonchev–Trinajstić information content (AvgIpc) is 3.09. The lowest BCUT2D eigenvalue weighted by Gasteiger charge is -2.16. The van der Waals surface area contributed by atoms with Crippen LogP contribution in [0.3, 0.4) is 0 Å². The Morgan fingerprint density at radius 3 is 2.23 bits per heavy atom. The zero-order valence-electron chi connectivity index (χ0n) is 19.9. The Morgan fingerprint density at radius 1 is 0.914 bits per heavy atom. The van der Waals surface area contributed by atoms with Crippen molar-refractivity contribution < 1.29 is 23.9 Å². The number of carbonyl (C=O) groups excluding carboxylic acids is 4. The summed E-state index contributed by atoms with van der Waals surface area (Å²) >= 11 is 0. The maximum absolute atomic E-state index is 13.0. The fourth-order valence-electron chi connectivity index (χ4n) is 3.77. The summed E-state index contributed by atoms with van der Waals surface area (Å²) in [4.78, 5) is 54.1. The van der Waals surface area contributed by atoms with Gasteiger partial charge in [0.2, 0.25) is 0 Å². The van der Waals surface area contributed by atoms with Crippen molar-refractivity contribution in [2.24, 2.45) is 0 Å². The topological polar surface area (TPSA) is 96.0 Å². The molecule has 0 aliphatic carbocycles. The molecule has 8 heteroatoms. The van der Waals surface area contributed by atoms with Gasteiger partial charge in [-0.3, -0.25) is 14.4 Å². The van der Waals surface area contributed by atoms with E-state index < -0.39 is 29.8 Å². The highest BCUT2D eigenvalue weighted by atomic mass is 16.5. The first kappa shape index (κ1) is 23.7. The number of para-hydroxylation sites is 1. The maximum Gasteiger partial charge on any atom is 0.338 e. The number of imide groups is 1. The summed E-state index contributed by atoms with van der Waals surface area (Å²) in [5, 5.41) is 2.71. The smallest absolute Gasteiger partial charge is 0.338 e. The third kappa shape index (κ3) is 4.63. The number of anilines is 3. The van der Waals surface area contributed by atoms with Crippen LogP contribution in [0.4, 0.5) is 17.1 Å². The molecule has 8 nitrogen and oxygen atoms in total. The summed E-state index contributed by atoms with van der Waals surface area (Å²) in [6.07, 6.45) is -1.08. The summed E-state index contributed by atoms with van der Waals surface area (Å²) < 4.78 is 5.32. The molecule has 0 bridgehead atoms. The number of benzene rings is 3. The molecular formula is C27H25N3O5. The molecule has 0 aromatic heterocycles. The second kappa shape index (κ2) is 9.42. The van der Waals surface area contributed by atoms with Gasteiger partial charge in [0.15, 0.2) is 6.10 Å². The van der Waals surface area contributed by atoms with Gasteiger partial charge in [0.25, 0.3) is 17.7 Å². The predicted molar refractivity (Wildman–Crippen MR) is 133 cm³/mol. The molecule has 1 atom stereocenters. The van der Waals surface area contributed by atoms with E-state index in [-0.39, 0.29) is 16.7 Å². The number of fused-ring (bicyclic) bond motifs is 1. The van der Waals surface area contributed by atoms with E-state index in [1.807, 2.05) is 50.2 Å². The van der Waals surface area contributed by atoms with Crippen molar-refractivity contribution in [3.63, 3.8) is 0 Å². The summed E-state index contributed by atoms with van der Waals surface area (Å²) in [6, 6.07) is 18.5. The summed E-state index contributed by atoms with van der Waals surface area (Å²) in [5.74, 6) is -2.23. The van der Waals surface area contributed by atoms with Gasteiger partial charge in [-0.05, 0) is 67.9 Å². The highest BCUT2D eigenvalue weighted by Crippen LogP contribution is 2.31. The minimum absolute atomic E-state index is 0.0755. The van der Waals surface area contributed by atoms with Crippen LogP contribution in [0.1, 0.15) is 43.6 Å². The fraction of sp³-hybridized carbons (Fsp3) is 0.185. The largest absolute Gasteiger partial charge is 0.449 e. The highest BCUT2D eigenvalue weighted by molar-refractivity contribution is 6.35. The van der Waals surface area contributed by atoms with E-state index in [4.69, 9.17) is 4.74 Å². The number of nitrogens with zero attached hydrogens (tertiary/aromatic N) is 2. The Hall–Kier alpha value is -4.46. The Labute approximate surface area is 203 Å². The Bertz CT molecular complexity index is 1330. The fourth-order valence-corrected chi connectivity index (χ4v) is 3.77. The molecule has 0 unspecified atom stereocenters. The number of ether oxygens (including phenoxy) is 1. The maximum atomic E-state index is 13.0. The highest BCUT2D eigenvalue weighted by Gasteiger charge is 2.38. The molecule has 1 aliphatic rings. The molecule has 0 saturated heterocycles. The molecule has 1 heterocycles. The van der Waals surface area contributed by atoms with Crippen molar-refractivity contribution in [2.45, 2.75) is 20.0 Å². The molecule has 0 fully saturated rings. The predicted octanol–water partition coefficient (Wildman–Crippen LogP) is 4.05. The lowest BCUT2D eigenvalue weighted by Crippen LogP contribution is -2.30. The monoisotopic (exact) mass is 471 g/mol. The van der Waals surface area contributed by atoms with Gasteiger partial charge < -0.3 is 15.0 Å². The van der Waals surface area contributed by atoms with Crippen LogP contribution in [0.15, 0.2) is 66.7 Å². The lowest BCUT2D eigenvalue weighted by molar-refractivity contribution is -0.123. The molecule has 35 heavy (non-hydrogen) atoms. The standard InChI is InChI=1S/C27H25N3O5/c1-16-7-5-6-8-23(16)30-25(32)21-14-9-18(15-22(21)26(30)33)27(34)35-17(2)24(31)28-19-10-12-20(13-11-19)29(3)4/h5-15,17H,1-4H3,(H,28,31)/t17-/m0/s1. The number of amides is 3. The van der Waals surface area contributed by atoms with E-state index in [0.29, 0.717) is 11.4 Å². The third-order valence-electron chi connectivity index (χ3n) is 5.78. The number of aryl methyl sites for hydroxylation is 1. The van der Waals surface area contributed by atoms with Crippen LogP contribution < -0.4 is 15.1 Å². The quantitative estimate of drug-likeness (QED) is 0.431. The first-order chi connectivity index (χ1) is 16.7. The van der Waals surface area contributed by atoms with Gasteiger partial charge >= 0.3 is 5.97 Å². The van der Waals surface area contributed by atoms with Crippen LogP contribution in [-0.4, -0.2) is 43.9 Å². The number of rotatable bonds is 6. The zero-order chi connectivity index (χ0) is 25.3. The van der Waals surface area contributed by atoms with Gasteiger partial charge in [0.05, 0.1) is 22.4 Å². The number of carbonyl (C=O) groups is 4. The Morgan fingerprint density at radius 2 is 1.57 bits per heavy atom. The van der Waals surface area contributed by atoms with E-state index in [9.17, 15) is 19.2 Å². The van der Waals surface area contributed by atoms with Crippen molar-refractivity contribution in [2.75, 3.05) is 29.2 Å². The van der Waals surface area contributed by atoms with Crippen molar-refractivity contribution in [3.8, 4) is 0 Å². The van der Waals surface area contributed by atoms with Crippen LogP contribution in [0.25, 0.3) is 0 Å².